The maximum atomic E-state index is 11.8. The number of rotatable bonds is 4. The van der Waals surface area contributed by atoms with Crippen LogP contribution in [0.3, 0.4) is 0 Å². The van der Waals surface area contributed by atoms with Gasteiger partial charge in [-0.1, -0.05) is 24.3 Å². The molecule has 0 spiro atoms. The van der Waals surface area contributed by atoms with Crippen molar-refractivity contribution in [2.45, 2.75) is 31.3 Å². The first-order valence-corrected chi connectivity index (χ1v) is 6.32. The van der Waals surface area contributed by atoms with Gasteiger partial charge in [0.15, 0.2) is 0 Å². The number of hydrogen-bond donors (Lipinski definition) is 2. The van der Waals surface area contributed by atoms with Crippen molar-refractivity contribution in [3.05, 3.63) is 35.4 Å². The summed E-state index contributed by atoms with van der Waals surface area (Å²) < 4.78 is 4.88. The van der Waals surface area contributed by atoms with E-state index in [1.807, 2.05) is 6.07 Å². The Bertz CT molecular complexity index is 426. The smallest absolute Gasteiger partial charge is 0.239 e. The van der Waals surface area contributed by atoms with Crippen LogP contribution in [-0.2, 0) is 22.4 Å². The fourth-order valence-corrected chi connectivity index (χ4v) is 2.38. The van der Waals surface area contributed by atoms with E-state index in [1.54, 1.807) is 7.11 Å². The quantitative estimate of drug-likeness (QED) is 0.869. The van der Waals surface area contributed by atoms with Crippen molar-refractivity contribution in [1.29, 1.82) is 0 Å². The molecule has 0 fully saturated rings. The predicted molar refractivity (Wildman–Crippen MR) is 77.5 cm³/mol. The van der Waals surface area contributed by atoms with Crippen LogP contribution in [0.5, 0.6) is 0 Å². The predicted octanol–water partition coefficient (Wildman–Crippen LogP) is 1.06. The van der Waals surface area contributed by atoms with Crippen LogP contribution in [0.1, 0.15) is 17.5 Å². The Morgan fingerprint density at radius 2 is 2.16 bits per heavy atom. The van der Waals surface area contributed by atoms with E-state index >= 15 is 0 Å². The second kappa shape index (κ2) is 7.48. The summed E-state index contributed by atoms with van der Waals surface area (Å²) in [5, 5.41) is 3.00. The highest BCUT2D eigenvalue weighted by Crippen LogP contribution is 2.20. The van der Waals surface area contributed by atoms with Gasteiger partial charge in [0.1, 0.15) is 6.04 Å². The molecule has 0 saturated heterocycles. The molecule has 1 aromatic rings. The van der Waals surface area contributed by atoms with Crippen LogP contribution in [0, 0.1) is 0 Å². The maximum Gasteiger partial charge on any atom is 0.239 e. The molecule has 106 valence electrons. The Morgan fingerprint density at radius 1 is 1.47 bits per heavy atom. The van der Waals surface area contributed by atoms with Crippen LogP contribution in [-0.4, -0.2) is 31.7 Å². The van der Waals surface area contributed by atoms with E-state index in [-0.39, 0.29) is 31.0 Å². The molecule has 2 rings (SSSR count). The Kier molecular flexibility index (Phi) is 6.28. The number of ether oxygens (including phenoxy) is 1. The topological polar surface area (TPSA) is 64.3 Å². The summed E-state index contributed by atoms with van der Waals surface area (Å²) in [6.45, 7) is 0.259. The van der Waals surface area contributed by atoms with Crippen molar-refractivity contribution in [3.8, 4) is 0 Å². The van der Waals surface area contributed by atoms with Gasteiger partial charge in [0.05, 0.1) is 6.61 Å². The Balaban J connectivity index is 0.00000180. The minimum absolute atomic E-state index is 0. The number of carbonyl (C=O) groups excluding carboxylic acids is 1. The van der Waals surface area contributed by atoms with Crippen molar-refractivity contribution in [1.82, 2.24) is 5.32 Å². The first kappa shape index (κ1) is 16.0. The number of aryl methyl sites for hydroxylation is 1. The summed E-state index contributed by atoms with van der Waals surface area (Å²) in [4.78, 5) is 11.8. The van der Waals surface area contributed by atoms with Gasteiger partial charge in [-0.05, 0) is 30.4 Å². The largest absolute Gasteiger partial charge is 0.383 e. The zero-order chi connectivity index (χ0) is 13.0. The Hall–Kier alpha value is -1.10. The number of hydrogen-bond acceptors (Lipinski definition) is 3. The molecule has 0 radical (unpaired) electrons. The molecular formula is C14H21ClN2O2. The van der Waals surface area contributed by atoms with Crippen LogP contribution in [0.15, 0.2) is 24.3 Å². The molecule has 19 heavy (non-hydrogen) atoms. The SMILES string of the molecule is COCC(N)C(=O)NC1CCc2ccccc2C1.Cl. The Labute approximate surface area is 120 Å². The van der Waals surface area contributed by atoms with Crippen molar-refractivity contribution >= 4 is 18.3 Å². The molecule has 2 unspecified atom stereocenters. The van der Waals surface area contributed by atoms with E-state index in [0.29, 0.717) is 0 Å². The van der Waals surface area contributed by atoms with Crippen molar-refractivity contribution < 1.29 is 9.53 Å². The van der Waals surface area contributed by atoms with Crippen LogP contribution in [0.4, 0.5) is 0 Å². The normalized spacial score (nSPS) is 18.9. The molecule has 4 nitrogen and oxygen atoms in total. The second-order valence-electron chi connectivity index (χ2n) is 4.78. The van der Waals surface area contributed by atoms with Gasteiger partial charge in [0, 0.05) is 13.2 Å². The van der Waals surface area contributed by atoms with Crippen molar-refractivity contribution in [2.75, 3.05) is 13.7 Å². The number of methoxy groups -OCH3 is 1. The first-order valence-electron chi connectivity index (χ1n) is 6.32. The fourth-order valence-electron chi connectivity index (χ4n) is 2.38. The van der Waals surface area contributed by atoms with Gasteiger partial charge in [-0.15, -0.1) is 12.4 Å². The molecule has 1 aliphatic carbocycles. The van der Waals surface area contributed by atoms with Gasteiger partial charge in [-0.25, -0.2) is 0 Å². The van der Waals surface area contributed by atoms with Crippen LogP contribution in [0.25, 0.3) is 0 Å². The summed E-state index contributed by atoms with van der Waals surface area (Å²) in [7, 11) is 1.55. The molecule has 0 aromatic heterocycles. The third-order valence-electron chi connectivity index (χ3n) is 3.38. The molecule has 0 saturated carbocycles. The summed E-state index contributed by atoms with van der Waals surface area (Å²) in [6, 6.07) is 8.00. The number of nitrogens with two attached hydrogens (primary N) is 1. The lowest BCUT2D eigenvalue weighted by Gasteiger charge is -2.26. The van der Waals surface area contributed by atoms with Gasteiger partial charge in [-0.3, -0.25) is 4.79 Å². The van der Waals surface area contributed by atoms with Gasteiger partial charge in [0.2, 0.25) is 5.91 Å². The lowest BCUT2D eigenvalue weighted by Crippen LogP contribution is -2.48. The first-order chi connectivity index (χ1) is 8.70. The van der Waals surface area contributed by atoms with Gasteiger partial charge in [0.25, 0.3) is 0 Å². The fraction of sp³-hybridized carbons (Fsp3) is 0.500. The second-order valence-corrected chi connectivity index (χ2v) is 4.78. The zero-order valence-electron chi connectivity index (χ0n) is 11.1. The monoisotopic (exact) mass is 284 g/mol. The van der Waals surface area contributed by atoms with E-state index in [4.69, 9.17) is 10.5 Å². The summed E-state index contributed by atoms with van der Waals surface area (Å²) in [5.41, 5.74) is 8.42. The maximum absolute atomic E-state index is 11.8. The van der Waals surface area contributed by atoms with E-state index in [2.05, 4.69) is 23.5 Å². The van der Waals surface area contributed by atoms with Gasteiger partial charge >= 0.3 is 0 Å². The summed E-state index contributed by atoms with van der Waals surface area (Å²) in [5.74, 6) is -0.124. The number of halogens is 1. The number of fused-ring (bicyclic) bond motifs is 1. The summed E-state index contributed by atoms with van der Waals surface area (Å²) in [6.07, 6.45) is 2.88. The Morgan fingerprint density at radius 3 is 2.84 bits per heavy atom. The zero-order valence-corrected chi connectivity index (χ0v) is 11.9. The average molecular weight is 285 g/mol. The third-order valence-corrected chi connectivity index (χ3v) is 3.38. The molecule has 1 aliphatic rings. The van der Waals surface area contributed by atoms with Crippen LogP contribution in [0.2, 0.25) is 0 Å². The van der Waals surface area contributed by atoms with E-state index in [9.17, 15) is 4.79 Å². The standard InChI is InChI=1S/C14H20N2O2.ClH/c1-18-9-13(15)14(17)16-12-7-6-10-4-2-3-5-11(10)8-12;/h2-5,12-13H,6-9,15H2,1H3,(H,16,17);1H. The summed E-state index contributed by atoms with van der Waals surface area (Å²) >= 11 is 0. The van der Waals surface area contributed by atoms with E-state index < -0.39 is 6.04 Å². The highest BCUT2D eigenvalue weighted by Gasteiger charge is 2.22. The molecular weight excluding hydrogens is 264 g/mol. The molecule has 2 atom stereocenters. The number of benzene rings is 1. The average Bonchev–Trinajstić information content (AvgIpc) is 2.39. The molecule has 0 aliphatic heterocycles. The minimum Gasteiger partial charge on any atom is -0.383 e. The molecule has 3 N–H and O–H groups in total. The molecule has 0 heterocycles. The molecule has 1 amide bonds. The van der Waals surface area contributed by atoms with Gasteiger partial charge < -0.3 is 15.8 Å². The number of amides is 1. The van der Waals surface area contributed by atoms with E-state index in [1.165, 1.54) is 11.1 Å². The third kappa shape index (κ3) is 4.20. The lowest BCUT2D eigenvalue weighted by molar-refractivity contribution is -0.124. The number of carbonyl (C=O) groups is 1. The van der Waals surface area contributed by atoms with Crippen LogP contribution < -0.4 is 11.1 Å². The minimum atomic E-state index is -0.577. The highest BCUT2D eigenvalue weighted by atomic mass is 35.5. The van der Waals surface area contributed by atoms with Gasteiger partial charge in [-0.2, -0.15) is 0 Å². The highest BCUT2D eigenvalue weighted by molar-refractivity contribution is 5.85. The number of nitrogens with one attached hydrogen (secondary N) is 1. The molecule has 1 aromatic carbocycles. The molecule has 5 heteroatoms. The van der Waals surface area contributed by atoms with Crippen molar-refractivity contribution in [3.63, 3.8) is 0 Å². The lowest BCUT2D eigenvalue weighted by atomic mass is 9.88. The van der Waals surface area contributed by atoms with Crippen LogP contribution >= 0.6 is 12.4 Å². The van der Waals surface area contributed by atoms with Crippen molar-refractivity contribution in [2.24, 2.45) is 5.73 Å². The van der Waals surface area contributed by atoms with E-state index in [0.717, 1.165) is 19.3 Å². The molecule has 0 bridgehead atoms.